The third kappa shape index (κ3) is 5.96. The molecule has 4 nitrogen and oxygen atoms in total. The maximum atomic E-state index is 10.9. The Hall–Kier alpha value is -1.88. The van der Waals surface area contributed by atoms with E-state index in [1.54, 1.807) is 0 Å². The zero-order chi connectivity index (χ0) is 16.5. The second-order valence-electron chi connectivity index (χ2n) is 5.54. The zero-order valence-corrected chi connectivity index (χ0v) is 14.3. The number of benzene rings is 2. The molecule has 0 saturated heterocycles. The van der Waals surface area contributed by atoms with Crippen molar-refractivity contribution in [2.75, 3.05) is 13.2 Å². The Balaban J connectivity index is 0.00000288. The number of halogens is 1. The van der Waals surface area contributed by atoms with E-state index >= 15 is 0 Å². The molecule has 3 N–H and O–H groups in total. The number of hydrogen-bond donors (Lipinski definition) is 3. The van der Waals surface area contributed by atoms with Crippen molar-refractivity contribution in [3.63, 3.8) is 0 Å². The molecule has 0 bridgehead atoms. The van der Waals surface area contributed by atoms with Crippen molar-refractivity contribution in [2.45, 2.75) is 24.8 Å². The van der Waals surface area contributed by atoms with Crippen molar-refractivity contribution in [1.82, 2.24) is 5.32 Å². The molecule has 0 aromatic heterocycles. The first-order valence-corrected chi connectivity index (χ1v) is 7.89. The van der Waals surface area contributed by atoms with Gasteiger partial charge in [0.05, 0.1) is 6.61 Å². The van der Waals surface area contributed by atoms with E-state index < -0.39 is 18.6 Å². The number of aliphatic hydroxyl groups excluding tert-OH is 1. The first kappa shape index (κ1) is 20.2. The van der Waals surface area contributed by atoms with Crippen LogP contribution in [0.5, 0.6) is 0 Å². The van der Waals surface area contributed by atoms with Crippen LogP contribution in [-0.2, 0) is 4.79 Å². The van der Waals surface area contributed by atoms with Gasteiger partial charge in [0, 0.05) is 5.92 Å². The molecule has 0 radical (unpaired) electrons. The molecule has 0 aliphatic heterocycles. The predicted octanol–water partition coefficient (Wildman–Crippen LogP) is 3.06. The van der Waals surface area contributed by atoms with Gasteiger partial charge in [0.25, 0.3) is 0 Å². The lowest BCUT2D eigenvalue weighted by Gasteiger charge is -2.19. The molecular weight excluding hydrogens is 326 g/mol. The van der Waals surface area contributed by atoms with Crippen molar-refractivity contribution < 1.29 is 15.0 Å². The molecule has 5 heteroatoms. The number of aliphatic hydroxyl groups is 1. The van der Waals surface area contributed by atoms with Crippen LogP contribution in [0.3, 0.4) is 0 Å². The molecule has 0 aliphatic rings. The van der Waals surface area contributed by atoms with E-state index in [0.717, 1.165) is 12.8 Å². The zero-order valence-electron chi connectivity index (χ0n) is 13.5. The summed E-state index contributed by atoms with van der Waals surface area (Å²) < 4.78 is 0. The lowest BCUT2D eigenvalue weighted by molar-refractivity contribution is -0.140. The number of carboxylic acid groups (broad SMARTS) is 1. The summed E-state index contributed by atoms with van der Waals surface area (Å²) in [5, 5.41) is 20.8. The van der Waals surface area contributed by atoms with E-state index in [1.807, 2.05) is 36.4 Å². The average molecular weight is 350 g/mol. The van der Waals surface area contributed by atoms with Crippen LogP contribution in [0.2, 0.25) is 0 Å². The SMILES string of the molecule is Cl.O=C(O)[C@@H](CO)NCCCC(c1ccccc1)c1ccccc1. The average Bonchev–Trinajstić information content (AvgIpc) is 2.59. The Bertz CT molecular complexity index is 553. The second kappa shape index (κ2) is 10.8. The summed E-state index contributed by atoms with van der Waals surface area (Å²) in [5.74, 6) is -0.730. The number of nitrogens with one attached hydrogen (secondary N) is 1. The molecular formula is C19H24ClNO3. The van der Waals surface area contributed by atoms with Gasteiger partial charge in [-0.2, -0.15) is 0 Å². The summed E-state index contributed by atoms with van der Waals surface area (Å²) in [6.07, 6.45) is 1.75. The number of rotatable bonds is 9. The topological polar surface area (TPSA) is 69.6 Å². The van der Waals surface area contributed by atoms with Gasteiger partial charge >= 0.3 is 5.97 Å². The van der Waals surface area contributed by atoms with Gasteiger partial charge < -0.3 is 15.5 Å². The molecule has 2 aromatic carbocycles. The molecule has 130 valence electrons. The number of carboxylic acids is 1. The number of aliphatic carboxylic acids is 1. The number of hydrogen-bond acceptors (Lipinski definition) is 3. The summed E-state index contributed by atoms with van der Waals surface area (Å²) in [7, 11) is 0. The Kier molecular flexibility index (Phi) is 9.08. The van der Waals surface area contributed by atoms with Crippen LogP contribution in [0.1, 0.15) is 29.9 Å². The lowest BCUT2D eigenvalue weighted by atomic mass is 9.87. The summed E-state index contributed by atoms with van der Waals surface area (Å²) in [6, 6.07) is 19.8. The summed E-state index contributed by atoms with van der Waals surface area (Å²) in [6.45, 7) is 0.170. The molecule has 0 unspecified atom stereocenters. The molecule has 0 heterocycles. The van der Waals surface area contributed by atoms with Crippen LogP contribution < -0.4 is 5.32 Å². The first-order valence-electron chi connectivity index (χ1n) is 7.89. The standard InChI is InChI=1S/C19H23NO3.ClH/c21-14-18(19(22)23)20-13-7-12-17(15-8-3-1-4-9-15)16-10-5-2-6-11-16;/h1-6,8-11,17-18,20-21H,7,12-14H2,(H,22,23);1H/t18-;/m1./s1. The fourth-order valence-corrected chi connectivity index (χ4v) is 2.71. The van der Waals surface area contributed by atoms with E-state index in [-0.39, 0.29) is 18.3 Å². The maximum absolute atomic E-state index is 10.9. The highest BCUT2D eigenvalue weighted by atomic mass is 35.5. The highest BCUT2D eigenvalue weighted by Crippen LogP contribution is 2.28. The Morgan fingerprint density at radius 1 is 0.958 bits per heavy atom. The quantitative estimate of drug-likeness (QED) is 0.608. The fourth-order valence-electron chi connectivity index (χ4n) is 2.71. The van der Waals surface area contributed by atoms with Crippen molar-refractivity contribution in [1.29, 1.82) is 0 Å². The summed E-state index contributed by atoms with van der Waals surface area (Å²) >= 11 is 0. The number of carbonyl (C=O) groups is 1. The second-order valence-corrected chi connectivity index (χ2v) is 5.54. The van der Waals surface area contributed by atoms with Crippen molar-refractivity contribution >= 4 is 18.4 Å². The highest BCUT2D eigenvalue weighted by Gasteiger charge is 2.16. The smallest absolute Gasteiger partial charge is 0.323 e. The molecule has 0 amide bonds. The molecule has 0 aliphatic carbocycles. The fraction of sp³-hybridized carbons (Fsp3) is 0.316. The third-order valence-corrected chi connectivity index (χ3v) is 3.94. The Labute approximate surface area is 148 Å². The summed E-state index contributed by atoms with van der Waals surface area (Å²) in [4.78, 5) is 10.9. The van der Waals surface area contributed by atoms with Gasteiger partial charge in [-0.05, 0) is 30.5 Å². The van der Waals surface area contributed by atoms with E-state index in [9.17, 15) is 4.79 Å². The minimum atomic E-state index is -1.02. The van der Waals surface area contributed by atoms with Crippen LogP contribution >= 0.6 is 12.4 Å². The van der Waals surface area contributed by atoms with Gasteiger partial charge in [-0.15, -0.1) is 12.4 Å². The molecule has 0 spiro atoms. The maximum Gasteiger partial charge on any atom is 0.323 e. The van der Waals surface area contributed by atoms with Gasteiger partial charge in [-0.3, -0.25) is 4.79 Å². The molecule has 2 aromatic rings. The van der Waals surface area contributed by atoms with Crippen LogP contribution in [0.25, 0.3) is 0 Å². The third-order valence-electron chi connectivity index (χ3n) is 3.94. The normalized spacial score (nSPS) is 11.8. The van der Waals surface area contributed by atoms with E-state index in [0.29, 0.717) is 6.54 Å². The molecule has 0 fully saturated rings. The van der Waals surface area contributed by atoms with Gasteiger partial charge in [-0.25, -0.2) is 0 Å². The lowest BCUT2D eigenvalue weighted by Crippen LogP contribution is -2.40. The first-order chi connectivity index (χ1) is 11.2. The van der Waals surface area contributed by atoms with Crippen LogP contribution in [0.4, 0.5) is 0 Å². The Morgan fingerprint density at radius 3 is 1.88 bits per heavy atom. The molecule has 24 heavy (non-hydrogen) atoms. The Morgan fingerprint density at radius 2 is 1.46 bits per heavy atom. The van der Waals surface area contributed by atoms with Crippen molar-refractivity contribution in [3.05, 3.63) is 71.8 Å². The van der Waals surface area contributed by atoms with Crippen LogP contribution in [0, 0.1) is 0 Å². The summed E-state index contributed by atoms with van der Waals surface area (Å²) in [5.41, 5.74) is 2.52. The molecule has 1 atom stereocenters. The largest absolute Gasteiger partial charge is 0.480 e. The highest BCUT2D eigenvalue weighted by molar-refractivity contribution is 5.85. The van der Waals surface area contributed by atoms with E-state index in [2.05, 4.69) is 29.6 Å². The monoisotopic (exact) mass is 349 g/mol. The van der Waals surface area contributed by atoms with Crippen LogP contribution in [0.15, 0.2) is 60.7 Å². The minimum Gasteiger partial charge on any atom is -0.480 e. The van der Waals surface area contributed by atoms with E-state index in [4.69, 9.17) is 10.2 Å². The van der Waals surface area contributed by atoms with Gasteiger partial charge in [-0.1, -0.05) is 60.7 Å². The van der Waals surface area contributed by atoms with Crippen molar-refractivity contribution in [3.8, 4) is 0 Å². The molecule has 0 saturated carbocycles. The van der Waals surface area contributed by atoms with Crippen LogP contribution in [-0.4, -0.2) is 35.4 Å². The van der Waals surface area contributed by atoms with Gasteiger partial charge in [0.1, 0.15) is 6.04 Å². The van der Waals surface area contributed by atoms with Crippen molar-refractivity contribution in [2.24, 2.45) is 0 Å². The minimum absolute atomic E-state index is 0. The van der Waals surface area contributed by atoms with Gasteiger partial charge in [0.15, 0.2) is 0 Å². The van der Waals surface area contributed by atoms with Gasteiger partial charge in [0.2, 0.25) is 0 Å². The molecule has 2 rings (SSSR count). The van der Waals surface area contributed by atoms with E-state index in [1.165, 1.54) is 11.1 Å². The predicted molar refractivity (Wildman–Crippen MR) is 97.7 cm³/mol.